The highest BCUT2D eigenvalue weighted by molar-refractivity contribution is 7.85. The highest BCUT2D eigenvalue weighted by atomic mass is 31.2. The lowest BCUT2D eigenvalue weighted by atomic mass is 10.0. The van der Waals surface area contributed by atoms with Crippen LogP contribution in [0, 0.1) is 0 Å². The van der Waals surface area contributed by atoms with E-state index in [-0.39, 0.29) is 0 Å². The molecule has 3 nitrogen and oxygen atoms in total. The van der Waals surface area contributed by atoms with Gasteiger partial charge in [0.05, 0.1) is 16.7 Å². The molecular weight excluding hydrogens is 567 g/mol. The van der Waals surface area contributed by atoms with E-state index in [2.05, 4.69) is 95.6 Å². The number of benzene rings is 6. The Balaban J connectivity index is 1.13. The monoisotopic (exact) mass is 596 g/mol. The number of pyridine rings is 1. The molecule has 2 heterocycles. The average Bonchev–Trinajstić information content (AvgIpc) is 3.47. The Kier molecular flexibility index (Phi) is 6.74. The molecule has 6 aromatic carbocycles. The third kappa shape index (κ3) is 4.70. The second-order valence-corrected chi connectivity index (χ2v) is 13.9. The summed E-state index contributed by atoms with van der Waals surface area (Å²) in [6.07, 6.45) is 1.86. The van der Waals surface area contributed by atoms with E-state index in [9.17, 15) is 4.57 Å². The molecule has 2 aromatic heterocycles. The fraction of sp³-hybridized carbons (Fsp3) is 0. The molecular formula is C41H29N2OP. The zero-order valence-corrected chi connectivity index (χ0v) is 25.4. The zero-order chi connectivity index (χ0) is 30.2. The Morgan fingerprint density at radius 3 is 1.51 bits per heavy atom. The van der Waals surface area contributed by atoms with E-state index in [0.29, 0.717) is 0 Å². The van der Waals surface area contributed by atoms with Crippen molar-refractivity contribution in [2.24, 2.45) is 0 Å². The molecule has 0 aliphatic rings. The molecule has 4 heteroatoms. The summed E-state index contributed by atoms with van der Waals surface area (Å²) in [6.45, 7) is 0. The highest BCUT2D eigenvalue weighted by Gasteiger charge is 2.29. The summed E-state index contributed by atoms with van der Waals surface area (Å²) in [4.78, 5) is 4.71. The van der Waals surface area contributed by atoms with Gasteiger partial charge in [0.2, 0.25) is 0 Å². The molecule has 0 saturated carbocycles. The number of hydrogen-bond donors (Lipinski definition) is 0. The first-order valence-electron chi connectivity index (χ1n) is 15.1. The number of aromatic nitrogens is 2. The van der Waals surface area contributed by atoms with Crippen LogP contribution >= 0.6 is 7.14 Å². The largest absolute Gasteiger partial charge is 0.309 e. The zero-order valence-electron chi connectivity index (χ0n) is 24.5. The smallest absolute Gasteiger partial charge is 0.171 e. The Labute approximate surface area is 262 Å². The van der Waals surface area contributed by atoms with Gasteiger partial charge < -0.3 is 9.13 Å². The minimum atomic E-state index is -3.02. The van der Waals surface area contributed by atoms with Crippen molar-refractivity contribution < 1.29 is 4.57 Å². The van der Waals surface area contributed by atoms with Crippen LogP contribution < -0.4 is 15.9 Å². The van der Waals surface area contributed by atoms with E-state index in [1.165, 1.54) is 21.8 Å². The summed E-state index contributed by atoms with van der Waals surface area (Å²) < 4.78 is 17.1. The molecule has 214 valence electrons. The summed E-state index contributed by atoms with van der Waals surface area (Å²) in [5.41, 5.74) is 7.58. The van der Waals surface area contributed by atoms with Crippen molar-refractivity contribution >= 4 is 44.9 Å². The van der Waals surface area contributed by atoms with Gasteiger partial charge in [0.25, 0.3) is 0 Å². The lowest BCUT2D eigenvalue weighted by Gasteiger charge is -2.20. The number of hydrogen-bond acceptors (Lipinski definition) is 2. The van der Waals surface area contributed by atoms with Crippen LogP contribution in [0.2, 0.25) is 0 Å². The Morgan fingerprint density at radius 1 is 0.444 bits per heavy atom. The van der Waals surface area contributed by atoms with E-state index >= 15 is 0 Å². The van der Waals surface area contributed by atoms with Crippen molar-refractivity contribution in [3.8, 4) is 28.1 Å². The summed E-state index contributed by atoms with van der Waals surface area (Å²) >= 11 is 0. The van der Waals surface area contributed by atoms with Gasteiger partial charge in [-0.2, -0.15) is 0 Å². The average molecular weight is 597 g/mol. The fourth-order valence-electron chi connectivity index (χ4n) is 6.34. The van der Waals surface area contributed by atoms with Gasteiger partial charge in [-0.1, -0.05) is 133 Å². The molecule has 0 unspecified atom stereocenters. The maximum absolute atomic E-state index is 14.8. The quantitative estimate of drug-likeness (QED) is 0.180. The summed E-state index contributed by atoms with van der Waals surface area (Å²) in [7, 11) is -3.02. The molecule has 0 aliphatic carbocycles. The van der Waals surface area contributed by atoms with E-state index in [4.69, 9.17) is 4.98 Å². The van der Waals surface area contributed by atoms with Crippen LogP contribution in [0.5, 0.6) is 0 Å². The topological polar surface area (TPSA) is 34.9 Å². The van der Waals surface area contributed by atoms with Crippen molar-refractivity contribution in [1.29, 1.82) is 0 Å². The van der Waals surface area contributed by atoms with E-state index < -0.39 is 7.14 Å². The molecule has 8 aromatic rings. The molecule has 0 aliphatic heterocycles. The van der Waals surface area contributed by atoms with Gasteiger partial charge >= 0.3 is 0 Å². The number of nitrogens with zero attached hydrogens (tertiary/aromatic N) is 2. The minimum Gasteiger partial charge on any atom is -0.309 e. The molecule has 0 radical (unpaired) electrons. The van der Waals surface area contributed by atoms with Gasteiger partial charge in [-0.05, 0) is 47.5 Å². The van der Waals surface area contributed by atoms with Gasteiger partial charge in [0, 0.05) is 44.1 Å². The number of para-hydroxylation sites is 2. The normalized spacial score (nSPS) is 11.6. The lowest BCUT2D eigenvalue weighted by molar-refractivity contribution is 0.592. The van der Waals surface area contributed by atoms with E-state index in [1.807, 2.05) is 85.1 Å². The maximum Gasteiger partial charge on any atom is 0.171 e. The first-order chi connectivity index (χ1) is 22.2. The van der Waals surface area contributed by atoms with Crippen molar-refractivity contribution in [1.82, 2.24) is 9.55 Å². The second-order valence-electron chi connectivity index (χ2n) is 11.2. The first-order valence-corrected chi connectivity index (χ1v) is 16.8. The number of fused-ring (bicyclic) bond motifs is 3. The molecule has 0 atom stereocenters. The van der Waals surface area contributed by atoms with E-state index in [0.717, 1.165) is 44.0 Å². The molecule has 8 rings (SSSR count). The summed E-state index contributed by atoms with van der Waals surface area (Å²) in [5, 5.41) is 4.99. The van der Waals surface area contributed by atoms with Gasteiger partial charge in [-0.25, -0.2) is 0 Å². The van der Waals surface area contributed by atoms with Crippen LogP contribution in [0.1, 0.15) is 0 Å². The third-order valence-electron chi connectivity index (χ3n) is 8.57. The molecule has 0 spiro atoms. The Morgan fingerprint density at radius 2 is 0.933 bits per heavy atom. The first kappa shape index (κ1) is 27.1. The fourth-order valence-corrected chi connectivity index (χ4v) is 8.98. The van der Waals surface area contributed by atoms with Crippen LogP contribution in [0.3, 0.4) is 0 Å². The molecule has 0 bridgehead atoms. The van der Waals surface area contributed by atoms with Crippen molar-refractivity contribution in [3.63, 3.8) is 0 Å². The summed E-state index contributed by atoms with van der Waals surface area (Å²) in [6, 6.07) is 57.6. The van der Waals surface area contributed by atoms with Crippen LogP contribution in [-0.2, 0) is 4.57 Å². The van der Waals surface area contributed by atoms with Crippen molar-refractivity contribution in [2.75, 3.05) is 0 Å². The van der Waals surface area contributed by atoms with E-state index in [1.54, 1.807) is 0 Å². The molecule has 0 amide bonds. The van der Waals surface area contributed by atoms with Gasteiger partial charge in [-0.3, -0.25) is 4.98 Å². The third-order valence-corrected chi connectivity index (χ3v) is 11.6. The predicted molar refractivity (Wildman–Crippen MR) is 189 cm³/mol. The number of rotatable bonds is 6. The molecule has 0 N–H and O–H groups in total. The van der Waals surface area contributed by atoms with Gasteiger partial charge in [-0.15, -0.1) is 0 Å². The van der Waals surface area contributed by atoms with Crippen molar-refractivity contribution in [3.05, 3.63) is 176 Å². The van der Waals surface area contributed by atoms with Crippen LogP contribution in [0.4, 0.5) is 0 Å². The SMILES string of the molecule is O=P(c1ccccc1)(c1ccccc1)c1ccc(-c2ccnc(-c3ccc(-n4c5ccccc5c5ccccc54)cc3)c2)cc1. The maximum atomic E-state index is 14.8. The second kappa shape index (κ2) is 11.2. The Hall–Kier alpha value is -5.50. The highest BCUT2D eigenvalue weighted by Crippen LogP contribution is 2.42. The molecule has 45 heavy (non-hydrogen) atoms. The lowest BCUT2D eigenvalue weighted by Crippen LogP contribution is -2.24. The molecule has 0 saturated heterocycles. The van der Waals surface area contributed by atoms with Crippen LogP contribution in [-0.4, -0.2) is 9.55 Å². The standard InChI is InChI=1S/C41H29N2OP/c44-45(34-11-3-1-4-12-34,35-13-5-2-6-14-35)36-25-21-30(22-26-36)32-27-28-42-39(29-32)31-19-23-33(24-20-31)43-40-17-9-7-15-37(40)38-16-8-10-18-41(38)43/h1-29H. The van der Waals surface area contributed by atoms with Gasteiger partial charge in [0.1, 0.15) is 0 Å². The van der Waals surface area contributed by atoms with Crippen LogP contribution in [0.15, 0.2) is 176 Å². The summed E-state index contributed by atoms with van der Waals surface area (Å²) in [5.74, 6) is 0. The minimum absolute atomic E-state index is 0.818. The Bertz CT molecular complexity index is 2230. The van der Waals surface area contributed by atoms with Gasteiger partial charge in [0.15, 0.2) is 7.14 Å². The predicted octanol–water partition coefficient (Wildman–Crippen LogP) is 9.15. The molecule has 0 fully saturated rings. The van der Waals surface area contributed by atoms with Crippen LogP contribution in [0.25, 0.3) is 49.9 Å². The van der Waals surface area contributed by atoms with Crippen molar-refractivity contribution in [2.45, 2.75) is 0 Å².